The van der Waals surface area contributed by atoms with Crippen molar-refractivity contribution in [3.8, 4) is 11.5 Å². The summed E-state index contributed by atoms with van der Waals surface area (Å²) in [6.45, 7) is 0.660. The van der Waals surface area contributed by atoms with Crippen molar-refractivity contribution in [2.24, 2.45) is 0 Å². The first-order valence-electron chi connectivity index (χ1n) is 6.28. The first kappa shape index (κ1) is 14.3. The van der Waals surface area contributed by atoms with E-state index in [2.05, 4.69) is 5.32 Å². The third-order valence-corrected chi connectivity index (χ3v) is 3.30. The Balaban J connectivity index is 2.00. The Bertz CT molecular complexity index is 599. The smallest absolute Gasteiger partial charge is 0.119 e. The largest absolute Gasteiger partial charge is 0.497 e. The number of hydrogen-bond donors (Lipinski definition) is 1. The number of benzene rings is 2. The average molecular weight is 287 g/mol. The van der Waals surface area contributed by atoms with Gasteiger partial charge in [0.1, 0.15) is 16.5 Å². The molecule has 0 aliphatic carbocycles. The van der Waals surface area contributed by atoms with Crippen LogP contribution in [0.15, 0.2) is 48.5 Å². The number of thiocarbonyl (C=S) groups is 1. The minimum Gasteiger partial charge on any atom is -0.497 e. The fourth-order valence-electron chi connectivity index (χ4n) is 1.83. The third kappa shape index (κ3) is 3.71. The topological polar surface area (TPSA) is 30.5 Å². The van der Waals surface area contributed by atoms with Gasteiger partial charge in [-0.3, -0.25) is 0 Å². The zero-order chi connectivity index (χ0) is 14.4. The van der Waals surface area contributed by atoms with Gasteiger partial charge in [0.15, 0.2) is 0 Å². The van der Waals surface area contributed by atoms with Crippen LogP contribution in [0.25, 0.3) is 0 Å². The van der Waals surface area contributed by atoms with Gasteiger partial charge in [0, 0.05) is 12.1 Å². The van der Waals surface area contributed by atoms with Gasteiger partial charge in [0.2, 0.25) is 0 Å². The van der Waals surface area contributed by atoms with Crippen LogP contribution < -0.4 is 14.8 Å². The Kier molecular flexibility index (Phi) is 4.96. The number of rotatable bonds is 5. The zero-order valence-corrected chi connectivity index (χ0v) is 12.4. The van der Waals surface area contributed by atoms with Crippen molar-refractivity contribution in [1.29, 1.82) is 0 Å². The normalized spacial score (nSPS) is 9.90. The van der Waals surface area contributed by atoms with Crippen LogP contribution in [0.1, 0.15) is 11.1 Å². The molecule has 0 amide bonds. The Morgan fingerprint density at radius 1 is 1.00 bits per heavy atom. The van der Waals surface area contributed by atoms with Gasteiger partial charge in [-0.1, -0.05) is 36.5 Å². The molecule has 0 bridgehead atoms. The summed E-state index contributed by atoms with van der Waals surface area (Å²) in [5, 5.41) is 3.24. The van der Waals surface area contributed by atoms with Crippen molar-refractivity contribution in [2.75, 3.05) is 14.2 Å². The van der Waals surface area contributed by atoms with Gasteiger partial charge in [0.25, 0.3) is 0 Å². The maximum Gasteiger partial charge on any atom is 0.119 e. The summed E-state index contributed by atoms with van der Waals surface area (Å²) in [4.78, 5) is 0.701. The van der Waals surface area contributed by atoms with E-state index < -0.39 is 0 Å². The molecule has 2 aromatic carbocycles. The standard InChI is InChI=1S/C16H17NO2S/c1-18-14-7-3-5-12(9-14)11-17-16(20)13-6-4-8-15(10-13)19-2/h3-10H,11H2,1-2H3,(H,17,20). The molecule has 104 valence electrons. The van der Waals surface area contributed by atoms with E-state index in [0.717, 1.165) is 22.6 Å². The molecule has 0 aliphatic heterocycles. The molecule has 0 spiro atoms. The molecule has 0 fully saturated rings. The molecule has 0 heterocycles. The Labute approximate surface area is 124 Å². The lowest BCUT2D eigenvalue weighted by molar-refractivity contribution is 0.414. The maximum atomic E-state index is 5.39. The average Bonchev–Trinajstić information content (AvgIpc) is 2.52. The predicted molar refractivity (Wildman–Crippen MR) is 84.5 cm³/mol. The van der Waals surface area contributed by atoms with E-state index in [1.54, 1.807) is 14.2 Å². The summed E-state index contributed by atoms with van der Waals surface area (Å²) in [6, 6.07) is 15.6. The lowest BCUT2D eigenvalue weighted by Gasteiger charge is -2.10. The molecule has 1 N–H and O–H groups in total. The summed E-state index contributed by atoms with van der Waals surface area (Å²) in [7, 11) is 3.30. The van der Waals surface area contributed by atoms with Gasteiger partial charge in [0.05, 0.1) is 14.2 Å². The van der Waals surface area contributed by atoms with Gasteiger partial charge >= 0.3 is 0 Å². The highest BCUT2D eigenvalue weighted by molar-refractivity contribution is 7.80. The van der Waals surface area contributed by atoms with E-state index in [1.165, 1.54) is 0 Å². The van der Waals surface area contributed by atoms with Crippen molar-refractivity contribution >= 4 is 17.2 Å². The number of nitrogens with one attached hydrogen (secondary N) is 1. The highest BCUT2D eigenvalue weighted by Gasteiger charge is 2.03. The molecule has 0 atom stereocenters. The molecule has 3 nitrogen and oxygen atoms in total. The molecule has 0 radical (unpaired) electrons. The van der Waals surface area contributed by atoms with E-state index in [1.807, 2.05) is 48.5 Å². The zero-order valence-electron chi connectivity index (χ0n) is 11.6. The molecule has 2 aromatic rings. The quantitative estimate of drug-likeness (QED) is 0.856. The molecule has 0 aromatic heterocycles. The highest BCUT2D eigenvalue weighted by atomic mass is 32.1. The number of methoxy groups -OCH3 is 2. The summed E-state index contributed by atoms with van der Waals surface area (Å²) in [6.07, 6.45) is 0. The fraction of sp³-hybridized carbons (Fsp3) is 0.188. The molecular formula is C16H17NO2S. The van der Waals surface area contributed by atoms with Gasteiger partial charge < -0.3 is 14.8 Å². The van der Waals surface area contributed by atoms with Gasteiger partial charge in [-0.05, 0) is 29.8 Å². The Morgan fingerprint density at radius 3 is 2.35 bits per heavy atom. The SMILES string of the molecule is COc1cccc(CNC(=S)c2cccc(OC)c2)c1. The van der Waals surface area contributed by atoms with E-state index in [-0.39, 0.29) is 0 Å². The minimum absolute atomic E-state index is 0.660. The van der Waals surface area contributed by atoms with Crippen LogP contribution in [0.3, 0.4) is 0 Å². The second-order valence-corrected chi connectivity index (χ2v) is 4.67. The van der Waals surface area contributed by atoms with Gasteiger partial charge in [-0.15, -0.1) is 0 Å². The predicted octanol–water partition coefficient (Wildman–Crippen LogP) is 3.17. The van der Waals surface area contributed by atoms with E-state index in [9.17, 15) is 0 Å². The second kappa shape index (κ2) is 6.91. The molecule has 4 heteroatoms. The van der Waals surface area contributed by atoms with E-state index in [4.69, 9.17) is 21.7 Å². The van der Waals surface area contributed by atoms with Crippen molar-refractivity contribution in [3.63, 3.8) is 0 Å². The van der Waals surface area contributed by atoms with Crippen LogP contribution in [0.2, 0.25) is 0 Å². The van der Waals surface area contributed by atoms with Crippen LogP contribution in [-0.4, -0.2) is 19.2 Å². The van der Waals surface area contributed by atoms with Crippen molar-refractivity contribution in [2.45, 2.75) is 6.54 Å². The van der Waals surface area contributed by atoms with Crippen LogP contribution in [0, 0.1) is 0 Å². The van der Waals surface area contributed by atoms with Crippen molar-refractivity contribution < 1.29 is 9.47 Å². The number of ether oxygens (including phenoxy) is 2. The third-order valence-electron chi connectivity index (χ3n) is 2.92. The summed E-state index contributed by atoms with van der Waals surface area (Å²) in [5.74, 6) is 1.64. The van der Waals surface area contributed by atoms with Crippen molar-refractivity contribution in [1.82, 2.24) is 5.32 Å². The van der Waals surface area contributed by atoms with Crippen LogP contribution >= 0.6 is 12.2 Å². The molecule has 0 unspecified atom stereocenters. The number of hydrogen-bond acceptors (Lipinski definition) is 3. The summed E-state index contributed by atoms with van der Waals surface area (Å²) < 4.78 is 10.4. The van der Waals surface area contributed by atoms with Crippen LogP contribution in [0.5, 0.6) is 11.5 Å². The molecule has 0 saturated heterocycles. The molecule has 0 aliphatic rings. The van der Waals surface area contributed by atoms with E-state index >= 15 is 0 Å². The Hall–Kier alpha value is -2.07. The summed E-state index contributed by atoms with van der Waals surface area (Å²) in [5.41, 5.74) is 2.07. The fourth-order valence-corrected chi connectivity index (χ4v) is 2.03. The lowest BCUT2D eigenvalue weighted by atomic mass is 10.2. The van der Waals surface area contributed by atoms with E-state index in [0.29, 0.717) is 11.5 Å². The first-order valence-corrected chi connectivity index (χ1v) is 6.69. The van der Waals surface area contributed by atoms with Crippen molar-refractivity contribution in [3.05, 3.63) is 59.7 Å². The van der Waals surface area contributed by atoms with Gasteiger partial charge in [-0.2, -0.15) is 0 Å². The monoisotopic (exact) mass is 287 g/mol. The molecule has 2 rings (SSSR count). The minimum atomic E-state index is 0.660. The summed E-state index contributed by atoms with van der Waals surface area (Å²) >= 11 is 5.39. The Morgan fingerprint density at radius 2 is 1.65 bits per heavy atom. The van der Waals surface area contributed by atoms with Crippen LogP contribution in [-0.2, 0) is 6.54 Å². The highest BCUT2D eigenvalue weighted by Crippen LogP contribution is 2.14. The van der Waals surface area contributed by atoms with Crippen LogP contribution in [0.4, 0.5) is 0 Å². The molecule has 0 saturated carbocycles. The maximum absolute atomic E-state index is 5.39. The molecular weight excluding hydrogens is 270 g/mol. The van der Waals surface area contributed by atoms with Gasteiger partial charge in [-0.25, -0.2) is 0 Å². The molecule has 20 heavy (non-hydrogen) atoms. The lowest BCUT2D eigenvalue weighted by Crippen LogP contribution is -2.21. The first-order chi connectivity index (χ1) is 9.72. The second-order valence-electron chi connectivity index (χ2n) is 4.27.